The Hall–Kier alpha value is -2.08. The molecule has 2 aromatic rings. The normalized spacial score (nSPS) is 10.4. The van der Waals surface area contributed by atoms with Crippen LogP contribution in [0, 0.1) is 0 Å². The molecule has 0 bridgehead atoms. The summed E-state index contributed by atoms with van der Waals surface area (Å²) in [6, 6.07) is 8.10. The first-order valence-corrected chi connectivity index (χ1v) is 5.59. The highest BCUT2D eigenvalue weighted by molar-refractivity contribution is 5.56. The zero-order chi connectivity index (χ0) is 13.0. The summed E-state index contributed by atoms with van der Waals surface area (Å²) >= 11 is 0. The molecule has 18 heavy (non-hydrogen) atoms. The first-order valence-electron chi connectivity index (χ1n) is 5.59. The Morgan fingerprint density at radius 2 is 2.00 bits per heavy atom. The molecule has 0 spiro atoms. The van der Waals surface area contributed by atoms with Crippen molar-refractivity contribution in [2.75, 3.05) is 26.1 Å². The molecule has 0 fully saturated rings. The van der Waals surface area contributed by atoms with E-state index in [0.717, 1.165) is 11.4 Å². The van der Waals surface area contributed by atoms with Crippen molar-refractivity contribution in [1.82, 2.24) is 15.5 Å². The first-order chi connectivity index (χ1) is 8.74. The highest BCUT2D eigenvalue weighted by Gasteiger charge is 2.11. The van der Waals surface area contributed by atoms with Crippen LogP contribution in [-0.2, 0) is 6.54 Å². The van der Waals surface area contributed by atoms with E-state index in [4.69, 9.17) is 9.15 Å². The molecule has 0 aliphatic rings. The van der Waals surface area contributed by atoms with Gasteiger partial charge in [-0.2, -0.15) is 0 Å². The van der Waals surface area contributed by atoms with E-state index in [1.807, 2.05) is 43.3 Å². The maximum absolute atomic E-state index is 5.51. The van der Waals surface area contributed by atoms with Crippen molar-refractivity contribution >= 4 is 11.7 Å². The summed E-state index contributed by atoms with van der Waals surface area (Å²) < 4.78 is 10.6. The smallest absolute Gasteiger partial charge is 0.322 e. The van der Waals surface area contributed by atoms with Gasteiger partial charge >= 0.3 is 6.01 Å². The second-order valence-electron chi connectivity index (χ2n) is 3.77. The Balaban J connectivity index is 2.15. The molecule has 0 saturated carbocycles. The third-order valence-electron chi connectivity index (χ3n) is 2.53. The van der Waals surface area contributed by atoms with Crippen LogP contribution in [0.3, 0.4) is 0 Å². The summed E-state index contributed by atoms with van der Waals surface area (Å²) in [4.78, 5) is 1.82. The number of nitrogens with one attached hydrogen (secondary N) is 1. The lowest BCUT2D eigenvalue weighted by atomic mass is 10.3. The van der Waals surface area contributed by atoms with Gasteiger partial charge < -0.3 is 14.5 Å². The highest BCUT2D eigenvalue weighted by Crippen LogP contribution is 2.24. The molecule has 0 atom stereocenters. The molecule has 6 heteroatoms. The minimum atomic E-state index is 0.463. The molecule has 1 N–H and O–H groups in total. The molecule has 0 unspecified atom stereocenters. The van der Waals surface area contributed by atoms with Crippen LogP contribution in [0.25, 0.3) is 0 Å². The third kappa shape index (κ3) is 2.60. The summed E-state index contributed by atoms with van der Waals surface area (Å²) in [7, 11) is 5.34. The van der Waals surface area contributed by atoms with Crippen LogP contribution in [0.5, 0.6) is 5.75 Å². The van der Waals surface area contributed by atoms with Crippen molar-refractivity contribution in [2.45, 2.75) is 6.54 Å². The lowest BCUT2D eigenvalue weighted by molar-refractivity contribution is 0.415. The topological polar surface area (TPSA) is 63.4 Å². The predicted octanol–water partition coefficient (Wildman–Crippen LogP) is 1.57. The predicted molar refractivity (Wildman–Crippen MR) is 68.1 cm³/mol. The summed E-state index contributed by atoms with van der Waals surface area (Å²) in [6.45, 7) is 0.559. The van der Waals surface area contributed by atoms with Gasteiger partial charge in [0.1, 0.15) is 5.75 Å². The van der Waals surface area contributed by atoms with Crippen molar-refractivity contribution in [3.63, 3.8) is 0 Å². The Kier molecular flexibility index (Phi) is 3.78. The highest BCUT2D eigenvalue weighted by atomic mass is 16.5. The van der Waals surface area contributed by atoms with Crippen LogP contribution in [0.1, 0.15) is 5.89 Å². The third-order valence-corrected chi connectivity index (χ3v) is 2.53. The van der Waals surface area contributed by atoms with Crippen LogP contribution in [-0.4, -0.2) is 31.4 Å². The van der Waals surface area contributed by atoms with Crippen LogP contribution in [0.15, 0.2) is 28.7 Å². The Labute approximate surface area is 106 Å². The van der Waals surface area contributed by atoms with Gasteiger partial charge in [-0.3, -0.25) is 4.90 Å². The lowest BCUT2D eigenvalue weighted by Gasteiger charge is -2.14. The molecular weight excluding hydrogens is 232 g/mol. The van der Waals surface area contributed by atoms with Crippen molar-refractivity contribution in [1.29, 1.82) is 0 Å². The van der Waals surface area contributed by atoms with Crippen molar-refractivity contribution in [3.05, 3.63) is 30.2 Å². The second kappa shape index (κ2) is 5.50. The number of aromatic nitrogens is 2. The van der Waals surface area contributed by atoms with Gasteiger partial charge in [-0.05, 0) is 31.3 Å². The monoisotopic (exact) mass is 248 g/mol. The van der Waals surface area contributed by atoms with Crippen LogP contribution >= 0.6 is 0 Å². The zero-order valence-corrected chi connectivity index (χ0v) is 10.7. The average Bonchev–Trinajstić information content (AvgIpc) is 2.87. The molecule has 0 aliphatic heterocycles. The van der Waals surface area contributed by atoms with E-state index in [0.29, 0.717) is 18.5 Å². The van der Waals surface area contributed by atoms with Crippen molar-refractivity contribution < 1.29 is 9.15 Å². The number of nitrogens with zero attached hydrogens (tertiary/aromatic N) is 3. The number of rotatable bonds is 5. The molecule has 0 aliphatic carbocycles. The van der Waals surface area contributed by atoms with E-state index < -0.39 is 0 Å². The molecule has 0 amide bonds. The average molecular weight is 248 g/mol. The maximum atomic E-state index is 5.51. The SMILES string of the molecule is CNCc1nnc(N(C)c2ccc(OC)cc2)o1. The van der Waals surface area contributed by atoms with Gasteiger partial charge in [0.15, 0.2) is 0 Å². The van der Waals surface area contributed by atoms with Gasteiger partial charge in [0.05, 0.1) is 13.7 Å². The Morgan fingerprint density at radius 3 is 2.61 bits per heavy atom. The second-order valence-corrected chi connectivity index (χ2v) is 3.77. The minimum Gasteiger partial charge on any atom is -0.497 e. The summed E-state index contributed by atoms with van der Waals surface area (Å²) in [5.74, 6) is 1.38. The van der Waals surface area contributed by atoms with Gasteiger partial charge in [-0.15, -0.1) is 5.10 Å². The summed E-state index contributed by atoms with van der Waals surface area (Å²) in [5.41, 5.74) is 0.954. The molecule has 0 radical (unpaired) electrons. The van der Waals surface area contributed by atoms with Gasteiger partial charge in [0.25, 0.3) is 0 Å². The number of anilines is 2. The number of hydrogen-bond acceptors (Lipinski definition) is 6. The van der Waals surface area contributed by atoms with Crippen molar-refractivity contribution in [3.8, 4) is 5.75 Å². The number of benzene rings is 1. The van der Waals surface area contributed by atoms with E-state index in [-0.39, 0.29) is 0 Å². The molecule has 2 rings (SSSR count). The molecule has 0 saturated heterocycles. The largest absolute Gasteiger partial charge is 0.497 e. The lowest BCUT2D eigenvalue weighted by Crippen LogP contribution is -2.09. The molecular formula is C12H16N4O2. The van der Waals surface area contributed by atoms with Crippen LogP contribution in [0.4, 0.5) is 11.7 Å². The maximum Gasteiger partial charge on any atom is 0.322 e. The fourth-order valence-corrected chi connectivity index (χ4v) is 1.52. The van der Waals surface area contributed by atoms with Gasteiger partial charge in [-0.25, -0.2) is 0 Å². The molecule has 1 aromatic heterocycles. The molecule has 96 valence electrons. The quantitative estimate of drug-likeness (QED) is 0.866. The van der Waals surface area contributed by atoms with Crippen molar-refractivity contribution in [2.24, 2.45) is 0 Å². The summed E-state index contributed by atoms with van der Waals surface area (Å²) in [5, 5.41) is 10.9. The van der Waals surface area contributed by atoms with Crippen LogP contribution < -0.4 is 15.0 Å². The Morgan fingerprint density at radius 1 is 1.28 bits per heavy atom. The number of methoxy groups -OCH3 is 1. The number of hydrogen-bond donors (Lipinski definition) is 1. The Bertz CT molecular complexity index is 495. The molecule has 1 aromatic carbocycles. The van der Waals surface area contributed by atoms with E-state index in [1.165, 1.54) is 0 Å². The summed E-state index contributed by atoms with van der Waals surface area (Å²) in [6.07, 6.45) is 0. The van der Waals surface area contributed by atoms with Crippen LogP contribution in [0.2, 0.25) is 0 Å². The van der Waals surface area contributed by atoms with E-state index in [9.17, 15) is 0 Å². The number of ether oxygens (including phenoxy) is 1. The van der Waals surface area contributed by atoms with E-state index in [1.54, 1.807) is 7.11 Å². The fraction of sp³-hybridized carbons (Fsp3) is 0.333. The van der Waals surface area contributed by atoms with Gasteiger partial charge in [0, 0.05) is 12.7 Å². The first kappa shape index (κ1) is 12.4. The van der Waals surface area contributed by atoms with E-state index in [2.05, 4.69) is 15.5 Å². The van der Waals surface area contributed by atoms with E-state index >= 15 is 0 Å². The zero-order valence-electron chi connectivity index (χ0n) is 10.7. The standard InChI is InChI=1S/C12H16N4O2/c1-13-8-11-14-15-12(18-11)16(2)9-4-6-10(17-3)7-5-9/h4-7,13H,8H2,1-3H3. The minimum absolute atomic E-state index is 0.463. The fourth-order valence-electron chi connectivity index (χ4n) is 1.52. The van der Waals surface area contributed by atoms with Gasteiger partial charge in [0.2, 0.25) is 5.89 Å². The molecule has 1 heterocycles. The molecule has 6 nitrogen and oxygen atoms in total. The van der Waals surface area contributed by atoms with Gasteiger partial charge in [-0.1, -0.05) is 5.10 Å².